The molecule has 0 spiro atoms. The first kappa shape index (κ1) is 11.2. The molecule has 0 radical (unpaired) electrons. The molecule has 0 unspecified atom stereocenters. The van der Waals surface area contributed by atoms with Crippen LogP contribution < -0.4 is 10.6 Å². The molecule has 0 aliphatic rings. The molecule has 1 aromatic rings. The molecule has 14 heavy (non-hydrogen) atoms. The predicted molar refractivity (Wildman–Crippen MR) is 70.3 cm³/mol. The number of nitrogens with zero attached hydrogens (tertiary/aromatic N) is 1. The summed E-state index contributed by atoms with van der Waals surface area (Å²) >= 11 is 2.27. The van der Waals surface area contributed by atoms with Gasteiger partial charge in [-0.2, -0.15) is 0 Å². The van der Waals surface area contributed by atoms with Gasteiger partial charge in [0.1, 0.15) is 0 Å². The number of halogens is 1. The van der Waals surface area contributed by atoms with Crippen LogP contribution in [-0.2, 0) is 0 Å². The van der Waals surface area contributed by atoms with E-state index in [2.05, 4.69) is 40.3 Å². The summed E-state index contributed by atoms with van der Waals surface area (Å²) in [6.45, 7) is 3.63. The van der Waals surface area contributed by atoms with Crippen molar-refractivity contribution in [3.8, 4) is 12.3 Å². The van der Waals surface area contributed by atoms with Crippen LogP contribution in [0.5, 0.6) is 0 Å². The van der Waals surface area contributed by atoms with Crippen LogP contribution in [0.2, 0.25) is 0 Å². The quantitative estimate of drug-likeness (QED) is 0.527. The first-order valence-corrected chi connectivity index (χ1v) is 5.50. The molecule has 0 aromatic heterocycles. The first-order valence-electron chi connectivity index (χ1n) is 4.42. The molecule has 0 aliphatic carbocycles. The van der Waals surface area contributed by atoms with Crippen molar-refractivity contribution in [3.63, 3.8) is 0 Å². The van der Waals surface area contributed by atoms with E-state index in [1.54, 1.807) is 0 Å². The van der Waals surface area contributed by atoms with E-state index in [0.29, 0.717) is 6.54 Å². The summed E-state index contributed by atoms with van der Waals surface area (Å²) in [5.41, 5.74) is 7.62. The molecule has 74 valence electrons. The minimum atomic E-state index is 0.635. The van der Waals surface area contributed by atoms with Crippen LogP contribution in [0.4, 0.5) is 11.4 Å². The van der Waals surface area contributed by atoms with Crippen molar-refractivity contribution in [2.24, 2.45) is 0 Å². The second-order valence-corrected chi connectivity index (χ2v) is 4.09. The lowest BCUT2D eigenvalue weighted by atomic mass is 10.2. The van der Waals surface area contributed by atoms with Crippen molar-refractivity contribution >= 4 is 34.0 Å². The third-order valence-electron chi connectivity index (χ3n) is 1.98. The van der Waals surface area contributed by atoms with Gasteiger partial charge in [-0.15, -0.1) is 6.42 Å². The highest BCUT2D eigenvalue weighted by Crippen LogP contribution is 2.24. The van der Waals surface area contributed by atoms with Crippen LogP contribution in [0.25, 0.3) is 0 Å². The number of terminal acetylenes is 1. The fourth-order valence-electron chi connectivity index (χ4n) is 1.26. The highest BCUT2D eigenvalue weighted by atomic mass is 127. The van der Waals surface area contributed by atoms with E-state index < -0.39 is 0 Å². The Balaban J connectivity index is 2.99. The second kappa shape index (κ2) is 5.11. The highest BCUT2D eigenvalue weighted by Gasteiger charge is 2.06. The fraction of sp³-hybridized carbons (Fsp3) is 0.273. The van der Waals surface area contributed by atoms with Gasteiger partial charge in [0.15, 0.2) is 0 Å². The Morgan fingerprint density at radius 3 is 2.79 bits per heavy atom. The van der Waals surface area contributed by atoms with Gasteiger partial charge in [0.25, 0.3) is 0 Å². The molecule has 1 aromatic carbocycles. The van der Waals surface area contributed by atoms with Crippen molar-refractivity contribution < 1.29 is 0 Å². The predicted octanol–water partition coefficient (Wildman–Crippen LogP) is 2.33. The van der Waals surface area contributed by atoms with Gasteiger partial charge in [0.2, 0.25) is 0 Å². The lowest BCUT2D eigenvalue weighted by molar-refractivity contribution is 0.915. The Labute approximate surface area is 98.6 Å². The highest BCUT2D eigenvalue weighted by molar-refractivity contribution is 14.1. The topological polar surface area (TPSA) is 29.3 Å². The Hall–Kier alpha value is -0.890. The number of anilines is 2. The number of hydrogen-bond acceptors (Lipinski definition) is 2. The Kier molecular flexibility index (Phi) is 4.08. The molecule has 0 atom stereocenters. The molecule has 0 fully saturated rings. The van der Waals surface area contributed by atoms with E-state index in [0.717, 1.165) is 21.5 Å². The second-order valence-electron chi connectivity index (χ2n) is 2.93. The summed E-state index contributed by atoms with van der Waals surface area (Å²) in [5.74, 6) is 2.65. The maximum atomic E-state index is 5.68. The van der Waals surface area contributed by atoms with Gasteiger partial charge in [0.05, 0.1) is 12.2 Å². The van der Waals surface area contributed by atoms with Gasteiger partial charge >= 0.3 is 0 Å². The van der Waals surface area contributed by atoms with E-state index in [-0.39, 0.29) is 0 Å². The van der Waals surface area contributed by atoms with Crippen LogP contribution in [-0.4, -0.2) is 13.1 Å². The number of nitrogens with two attached hydrogens (primary N) is 1. The first-order chi connectivity index (χ1) is 6.69. The Bertz CT molecular complexity index is 355. The van der Waals surface area contributed by atoms with Crippen LogP contribution in [0.3, 0.4) is 0 Å². The lowest BCUT2D eigenvalue weighted by Crippen LogP contribution is -2.23. The zero-order valence-corrected chi connectivity index (χ0v) is 10.3. The molecule has 2 nitrogen and oxygen atoms in total. The maximum Gasteiger partial charge on any atom is 0.0791 e. The van der Waals surface area contributed by atoms with E-state index in [9.17, 15) is 0 Å². The minimum absolute atomic E-state index is 0.635. The minimum Gasteiger partial charge on any atom is -0.399 e. The number of rotatable bonds is 3. The zero-order valence-electron chi connectivity index (χ0n) is 8.13. The molecular formula is C11H13IN2. The third-order valence-corrected chi connectivity index (χ3v) is 2.84. The summed E-state index contributed by atoms with van der Waals surface area (Å²) in [4.78, 5) is 2.14. The Morgan fingerprint density at radius 1 is 1.57 bits per heavy atom. The zero-order chi connectivity index (χ0) is 10.6. The molecule has 2 N–H and O–H groups in total. The molecule has 0 saturated carbocycles. The molecule has 0 bridgehead atoms. The number of nitrogen functional groups attached to an aromatic ring is 1. The van der Waals surface area contributed by atoms with Gasteiger partial charge in [-0.05, 0) is 47.7 Å². The maximum absolute atomic E-state index is 5.68. The molecule has 0 amide bonds. The monoisotopic (exact) mass is 300 g/mol. The molecular weight excluding hydrogens is 287 g/mol. The summed E-state index contributed by atoms with van der Waals surface area (Å²) in [6.07, 6.45) is 5.30. The molecule has 3 heteroatoms. The largest absolute Gasteiger partial charge is 0.399 e. The molecule has 0 saturated heterocycles. The number of hydrogen-bond donors (Lipinski definition) is 1. The summed E-state index contributed by atoms with van der Waals surface area (Å²) in [6, 6.07) is 5.86. The van der Waals surface area contributed by atoms with E-state index >= 15 is 0 Å². The van der Waals surface area contributed by atoms with E-state index in [1.165, 1.54) is 0 Å². The van der Waals surface area contributed by atoms with Crippen molar-refractivity contribution in [3.05, 3.63) is 21.8 Å². The van der Waals surface area contributed by atoms with Crippen molar-refractivity contribution in [1.82, 2.24) is 0 Å². The van der Waals surface area contributed by atoms with Gasteiger partial charge in [-0.1, -0.05) is 5.92 Å². The van der Waals surface area contributed by atoms with Crippen molar-refractivity contribution in [2.45, 2.75) is 6.92 Å². The van der Waals surface area contributed by atoms with Crippen LogP contribution in [0.15, 0.2) is 18.2 Å². The average Bonchev–Trinajstić information content (AvgIpc) is 2.15. The molecule has 0 aliphatic heterocycles. The molecule has 0 heterocycles. The van der Waals surface area contributed by atoms with E-state index in [4.69, 9.17) is 12.2 Å². The average molecular weight is 300 g/mol. The summed E-state index contributed by atoms with van der Waals surface area (Å²) < 4.78 is 1.14. The van der Waals surface area contributed by atoms with Crippen LogP contribution >= 0.6 is 22.6 Å². The van der Waals surface area contributed by atoms with Crippen molar-refractivity contribution in [2.75, 3.05) is 23.7 Å². The van der Waals surface area contributed by atoms with E-state index in [1.807, 2.05) is 18.2 Å². The van der Waals surface area contributed by atoms with Gasteiger partial charge < -0.3 is 10.6 Å². The normalized spacial score (nSPS) is 9.50. The number of benzene rings is 1. The SMILES string of the molecule is C#CCN(CC)c1ccc(N)cc1I. The van der Waals surface area contributed by atoms with Gasteiger partial charge in [-0.25, -0.2) is 0 Å². The fourth-order valence-corrected chi connectivity index (χ4v) is 2.14. The Morgan fingerprint density at radius 2 is 2.29 bits per heavy atom. The third kappa shape index (κ3) is 2.55. The molecule has 1 rings (SSSR count). The summed E-state index contributed by atoms with van der Waals surface area (Å²) in [5, 5.41) is 0. The van der Waals surface area contributed by atoms with Crippen molar-refractivity contribution in [1.29, 1.82) is 0 Å². The van der Waals surface area contributed by atoms with Gasteiger partial charge in [-0.3, -0.25) is 0 Å². The lowest BCUT2D eigenvalue weighted by Gasteiger charge is -2.21. The summed E-state index contributed by atoms with van der Waals surface area (Å²) in [7, 11) is 0. The standard InChI is InChI=1S/C11H13IN2/c1-3-7-14(4-2)11-6-5-9(13)8-10(11)12/h1,5-6,8H,4,7,13H2,2H3. The van der Waals surface area contributed by atoms with Gasteiger partial charge in [0, 0.05) is 15.8 Å². The van der Waals surface area contributed by atoms with Crippen LogP contribution in [0.1, 0.15) is 6.92 Å². The smallest absolute Gasteiger partial charge is 0.0791 e. The van der Waals surface area contributed by atoms with Crippen LogP contribution in [0, 0.1) is 15.9 Å².